The van der Waals surface area contributed by atoms with E-state index in [2.05, 4.69) is 27.1 Å². The standard InChI is InChI=1S/C22H23N5O2/c1-15-8-17(11-23-10-15)21(28)27-13-22(14-27)9-18(26(2)12-22)19-24-20(29-25-19)16-6-4-3-5-7-16/h3-8,10-11,18H,9,12-14H2,1-2H3. The molecule has 1 atom stereocenters. The van der Waals surface area contributed by atoms with Gasteiger partial charge < -0.3 is 9.42 Å². The first-order valence-corrected chi connectivity index (χ1v) is 9.83. The molecule has 2 aliphatic heterocycles. The molecule has 148 valence electrons. The molecule has 2 saturated heterocycles. The van der Waals surface area contributed by atoms with Crippen molar-refractivity contribution in [3.8, 4) is 11.5 Å². The normalized spacial score (nSPS) is 20.8. The van der Waals surface area contributed by atoms with Gasteiger partial charge in [0.15, 0.2) is 5.82 Å². The molecule has 0 radical (unpaired) electrons. The van der Waals surface area contributed by atoms with Crippen molar-refractivity contribution in [2.75, 3.05) is 26.7 Å². The van der Waals surface area contributed by atoms with Crippen LogP contribution in [0.5, 0.6) is 0 Å². The molecule has 7 nitrogen and oxygen atoms in total. The molecular formula is C22H23N5O2. The molecule has 5 rings (SSSR count). The van der Waals surface area contributed by atoms with Crippen molar-refractivity contribution in [1.29, 1.82) is 0 Å². The summed E-state index contributed by atoms with van der Waals surface area (Å²) in [6.45, 7) is 4.38. The molecule has 2 aromatic heterocycles. The van der Waals surface area contributed by atoms with E-state index < -0.39 is 0 Å². The zero-order chi connectivity index (χ0) is 20.0. The Morgan fingerprint density at radius 2 is 1.97 bits per heavy atom. The van der Waals surface area contributed by atoms with Crippen molar-refractivity contribution in [3.05, 3.63) is 65.7 Å². The number of aromatic nitrogens is 3. The number of nitrogens with zero attached hydrogens (tertiary/aromatic N) is 5. The number of carbonyl (C=O) groups is 1. The minimum Gasteiger partial charge on any atom is -0.337 e. The van der Waals surface area contributed by atoms with Crippen LogP contribution in [0.4, 0.5) is 0 Å². The molecule has 3 aromatic rings. The number of amides is 1. The number of likely N-dealkylation sites (tertiary alicyclic amines) is 2. The molecule has 0 saturated carbocycles. The van der Waals surface area contributed by atoms with E-state index in [-0.39, 0.29) is 17.4 Å². The van der Waals surface area contributed by atoms with Crippen molar-refractivity contribution in [3.63, 3.8) is 0 Å². The summed E-state index contributed by atoms with van der Waals surface area (Å²) in [5, 5.41) is 4.24. The van der Waals surface area contributed by atoms with E-state index in [4.69, 9.17) is 4.52 Å². The van der Waals surface area contributed by atoms with Crippen LogP contribution in [0.1, 0.15) is 34.2 Å². The van der Waals surface area contributed by atoms with Crippen LogP contribution in [0.3, 0.4) is 0 Å². The van der Waals surface area contributed by atoms with E-state index in [9.17, 15) is 4.79 Å². The summed E-state index contributed by atoms with van der Waals surface area (Å²) in [7, 11) is 2.09. The quantitative estimate of drug-likeness (QED) is 0.686. The largest absolute Gasteiger partial charge is 0.337 e. The average molecular weight is 389 g/mol. The van der Waals surface area contributed by atoms with Crippen molar-refractivity contribution in [2.45, 2.75) is 19.4 Å². The van der Waals surface area contributed by atoms with Gasteiger partial charge >= 0.3 is 0 Å². The molecule has 1 spiro atoms. The molecule has 1 amide bonds. The monoisotopic (exact) mass is 389 g/mol. The van der Waals surface area contributed by atoms with Gasteiger partial charge in [-0.05, 0) is 44.2 Å². The second-order valence-electron chi connectivity index (χ2n) is 8.37. The third-order valence-corrected chi connectivity index (χ3v) is 5.97. The summed E-state index contributed by atoms with van der Waals surface area (Å²) in [5.74, 6) is 1.33. The molecule has 0 N–H and O–H groups in total. The topological polar surface area (TPSA) is 75.4 Å². The lowest BCUT2D eigenvalue weighted by atomic mass is 9.77. The molecule has 2 fully saturated rings. The number of hydrogen-bond acceptors (Lipinski definition) is 6. The molecule has 1 aromatic carbocycles. The fourth-order valence-corrected chi connectivity index (χ4v) is 4.62. The third kappa shape index (κ3) is 3.21. The Morgan fingerprint density at radius 1 is 1.17 bits per heavy atom. The maximum atomic E-state index is 12.7. The first kappa shape index (κ1) is 18.0. The predicted octanol–water partition coefficient (Wildman–Crippen LogP) is 2.96. The Labute approximate surface area is 169 Å². The average Bonchev–Trinajstić information content (AvgIpc) is 3.32. The predicted molar refractivity (Wildman–Crippen MR) is 107 cm³/mol. The van der Waals surface area contributed by atoms with Crippen LogP contribution in [-0.4, -0.2) is 57.5 Å². The molecule has 1 unspecified atom stereocenters. The van der Waals surface area contributed by atoms with Crippen LogP contribution in [0, 0.1) is 12.3 Å². The van der Waals surface area contributed by atoms with Gasteiger partial charge in [0.25, 0.3) is 11.8 Å². The molecule has 2 aliphatic rings. The Hall–Kier alpha value is -3.06. The van der Waals surface area contributed by atoms with Crippen LogP contribution < -0.4 is 0 Å². The van der Waals surface area contributed by atoms with Crippen LogP contribution in [0.25, 0.3) is 11.5 Å². The van der Waals surface area contributed by atoms with Crippen molar-refractivity contribution in [2.24, 2.45) is 5.41 Å². The Bertz CT molecular complexity index is 1040. The van der Waals surface area contributed by atoms with Gasteiger partial charge in [-0.2, -0.15) is 4.98 Å². The molecule has 7 heteroatoms. The lowest BCUT2D eigenvalue weighted by molar-refractivity contribution is 0.0115. The number of hydrogen-bond donors (Lipinski definition) is 0. The second-order valence-corrected chi connectivity index (χ2v) is 8.37. The summed E-state index contributed by atoms with van der Waals surface area (Å²) in [5.41, 5.74) is 2.68. The van der Waals surface area contributed by atoms with Gasteiger partial charge in [0.05, 0.1) is 11.6 Å². The van der Waals surface area contributed by atoms with Gasteiger partial charge in [0.1, 0.15) is 0 Å². The lowest BCUT2D eigenvalue weighted by Gasteiger charge is -2.48. The summed E-state index contributed by atoms with van der Waals surface area (Å²) in [4.78, 5) is 25.7. The highest BCUT2D eigenvalue weighted by Crippen LogP contribution is 2.47. The van der Waals surface area contributed by atoms with Crippen LogP contribution >= 0.6 is 0 Å². The molecule has 0 aliphatic carbocycles. The third-order valence-electron chi connectivity index (χ3n) is 5.97. The molecule has 0 bridgehead atoms. The first-order valence-electron chi connectivity index (χ1n) is 9.83. The fourth-order valence-electron chi connectivity index (χ4n) is 4.62. The zero-order valence-corrected chi connectivity index (χ0v) is 16.6. The lowest BCUT2D eigenvalue weighted by Crippen LogP contribution is -2.59. The fraction of sp³-hybridized carbons (Fsp3) is 0.364. The number of carbonyl (C=O) groups excluding carboxylic acids is 1. The van der Waals surface area contributed by atoms with Crippen molar-refractivity contribution >= 4 is 5.91 Å². The highest BCUT2D eigenvalue weighted by Gasteiger charge is 2.53. The first-order chi connectivity index (χ1) is 14.0. The van der Waals surface area contributed by atoms with Crippen molar-refractivity contribution < 1.29 is 9.32 Å². The van der Waals surface area contributed by atoms with E-state index in [1.165, 1.54) is 0 Å². The van der Waals surface area contributed by atoms with Gasteiger partial charge in [-0.1, -0.05) is 23.4 Å². The Kier molecular flexibility index (Phi) is 4.20. The maximum absolute atomic E-state index is 12.7. The minimum atomic E-state index is 0.0591. The van der Waals surface area contributed by atoms with Crippen molar-refractivity contribution in [1.82, 2.24) is 24.9 Å². The highest BCUT2D eigenvalue weighted by atomic mass is 16.5. The molecule has 4 heterocycles. The number of benzene rings is 1. The van der Waals surface area contributed by atoms with Gasteiger partial charge in [0.2, 0.25) is 0 Å². The number of rotatable bonds is 3. The van der Waals surface area contributed by atoms with Gasteiger partial charge in [-0.15, -0.1) is 0 Å². The molecular weight excluding hydrogens is 366 g/mol. The molecule has 29 heavy (non-hydrogen) atoms. The van der Waals surface area contributed by atoms with E-state index in [0.717, 1.165) is 43.0 Å². The second kappa shape index (κ2) is 6.77. The summed E-state index contributed by atoms with van der Waals surface area (Å²) < 4.78 is 5.50. The smallest absolute Gasteiger partial charge is 0.257 e. The summed E-state index contributed by atoms with van der Waals surface area (Å²) >= 11 is 0. The van der Waals surface area contributed by atoms with Crippen LogP contribution in [-0.2, 0) is 0 Å². The maximum Gasteiger partial charge on any atom is 0.257 e. The van der Waals surface area contributed by atoms with Crippen LogP contribution in [0.15, 0.2) is 53.3 Å². The minimum absolute atomic E-state index is 0.0591. The Balaban J connectivity index is 1.28. The van der Waals surface area contributed by atoms with Gasteiger partial charge in [-0.3, -0.25) is 14.7 Å². The van der Waals surface area contributed by atoms with E-state index in [1.54, 1.807) is 12.4 Å². The van der Waals surface area contributed by atoms with Gasteiger partial charge in [-0.25, -0.2) is 0 Å². The summed E-state index contributed by atoms with van der Waals surface area (Å²) in [6.07, 6.45) is 4.33. The number of pyridine rings is 1. The SMILES string of the molecule is Cc1cncc(C(=O)N2CC3(CC(c4noc(-c5ccccc5)n4)N(C)C3)C2)c1. The van der Waals surface area contributed by atoms with E-state index >= 15 is 0 Å². The van der Waals surface area contributed by atoms with E-state index in [1.807, 2.05) is 48.2 Å². The zero-order valence-electron chi connectivity index (χ0n) is 16.6. The van der Waals surface area contributed by atoms with Gasteiger partial charge in [0, 0.05) is 43.0 Å². The summed E-state index contributed by atoms with van der Waals surface area (Å²) in [6, 6.07) is 11.8. The van der Waals surface area contributed by atoms with E-state index in [0.29, 0.717) is 11.5 Å². The number of aryl methyl sites for hydroxylation is 1. The highest BCUT2D eigenvalue weighted by molar-refractivity contribution is 5.94. The van der Waals surface area contributed by atoms with Crippen LogP contribution in [0.2, 0.25) is 0 Å². The Morgan fingerprint density at radius 3 is 2.72 bits per heavy atom.